The first-order chi connectivity index (χ1) is 6.27. The largest absolute Gasteiger partial charge is 0.378 e. The Balaban J connectivity index is 1.90. The van der Waals surface area contributed by atoms with E-state index in [0.717, 1.165) is 6.54 Å². The topological polar surface area (TPSA) is 67.6 Å². The lowest BCUT2D eigenvalue weighted by Gasteiger charge is -2.33. The number of carbonyl (C=O) groups is 1. The molecule has 1 amide bonds. The number of nitrogens with zero attached hydrogens (tertiary/aromatic N) is 1. The van der Waals surface area contributed by atoms with Crippen molar-refractivity contribution >= 4 is 5.91 Å². The molecule has 0 aromatic rings. The summed E-state index contributed by atoms with van der Waals surface area (Å²) in [4.78, 5) is 11.0. The number of primary amides is 1. The van der Waals surface area contributed by atoms with E-state index in [4.69, 9.17) is 10.5 Å². The first-order valence-electron chi connectivity index (χ1n) is 4.67. The molecule has 5 heteroatoms. The Morgan fingerprint density at radius 1 is 1.54 bits per heavy atom. The monoisotopic (exact) mass is 185 g/mol. The van der Waals surface area contributed by atoms with Crippen LogP contribution >= 0.6 is 0 Å². The fraction of sp³-hybridized carbons (Fsp3) is 0.875. The van der Waals surface area contributed by atoms with Gasteiger partial charge in [-0.1, -0.05) is 0 Å². The third-order valence-electron chi connectivity index (χ3n) is 2.38. The highest BCUT2D eigenvalue weighted by atomic mass is 16.5. The molecular weight excluding hydrogens is 170 g/mol. The summed E-state index contributed by atoms with van der Waals surface area (Å²) in [5.74, 6) is -0.312. The fourth-order valence-electron chi connectivity index (χ4n) is 1.44. The molecule has 3 N–H and O–H groups in total. The van der Waals surface area contributed by atoms with E-state index >= 15 is 0 Å². The predicted octanol–water partition coefficient (Wildman–Crippen LogP) is -1.16. The Bertz CT molecular complexity index is 206. The molecule has 1 heterocycles. The summed E-state index contributed by atoms with van der Waals surface area (Å²) in [5.41, 5.74) is 8.53. The van der Waals surface area contributed by atoms with Crippen LogP contribution in [0.25, 0.3) is 0 Å². The number of morpholine rings is 1. The molecule has 5 nitrogen and oxygen atoms in total. The highest BCUT2D eigenvalue weighted by molar-refractivity contribution is 5.80. The van der Waals surface area contributed by atoms with E-state index < -0.39 is 0 Å². The zero-order valence-corrected chi connectivity index (χ0v) is 7.53. The highest BCUT2D eigenvalue weighted by Gasteiger charge is 2.32. The van der Waals surface area contributed by atoms with Gasteiger partial charge in [-0.2, -0.15) is 0 Å². The second kappa shape index (κ2) is 3.61. The molecule has 1 atom stereocenters. The average molecular weight is 185 g/mol. The number of ether oxygens (including phenoxy) is 1. The molecule has 0 aromatic carbocycles. The fourth-order valence-corrected chi connectivity index (χ4v) is 1.44. The van der Waals surface area contributed by atoms with Crippen LogP contribution in [-0.4, -0.2) is 42.8 Å². The van der Waals surface area contributed by atoms with Crippen LogP contribution in [0.4, 0.5) is 0 Å². The molecule has 1 unspecified atom stereocenters. The van der Waals surface area contributed by atoms with Crippen molar-refractivity contribution in [2.45, 2.75) is 24.9 Å². The minimum Gasteiger partial charge on any atom is -0.378 e. The average Bonchev–Trinajstić information content (AvgIpc) is 2.89. The third kappa shape index (κ3) is 2.18. The molecule has 2 rings (SSSR count). The summed E-state index contributed by atoms with van der Waals surface area (Å²) in [7, 11) is 0. The van der Waals surface area contributed by atoms with Gasteiger partial charge >= 0.3 is 0 Å². The van der Waals surface area contributed by atoms with Crippen molar-refractivity contribution < 1.29 is 9.53 Å². The smallest absolute Gasteiger partial charge is 0.238 e. The lowest BCUT2D eigenvalue weighted by atomic mass is 10.2. The Kier molecular flexibility index (Phi) is 2.48. The molecule has 1 aliphatic carbocycles. The van der Waals surface area contributed by atoms with E-state index in [9.17, 15) is 4.79 Å². The van der Waals surface area contributed by atoms with Gasteiger partial charge in [-0.05, 0) is 12.8 Å². The summed E-state index contributed by atoms with van der Waals surface area (Å²) < 4.78 is 5.19. The maximum Gasteiger partial charge on any atom is 0.238 e. The number of carbonyl (C=O) groups excluding carboxylic acids is 1. The molecule has 0 aromatic heterocycles. The number of nitrogens with one attached hydrogen (secondary N) is 1. The van der Waals surface area contributed by atoms with Crippen LogP contribution in [0, 0.1) is 0 Å². The first-order valence-corrected chi connectivity index (χ1v) is 4.67. The van der Waals surface area contributed by atoms with Crippen molar-refractivity contribution in [1.29, 1.82) is 0 Å². The molecule has 1 saturated carbocycles. The summed E-state index contributed by atoms with van der Waals surface area (Å²) in [6.07, 6.45) is 2.39. The van der Waals surface area contributed by atoms with Crippen molar-refractivity contribution in [3.63, 3.8) is 0 Å². The summed E-state index contributed by atoms with van der Waals surface area (Å²) >= 11 is 0. The quantitative estimate of drug-likeness (QED) is 0.582. The summed E-state index contributed by atoms with van der Waals surface area (Å²) in [6.45, 7) is 1.82. The van der Waals surface area contributed by atoms with Gasteiger partial charge in [0.05, 0.1) is 13.2 Å². The maximum atomic E-state index is 11.0. The molecule has 1 aliphatic heterocycles. The van der Waals surface area contributed by atoms with Gasteiger partial charge in [0.2, 0.25) is 5.91 Å². The van der Waals surface area contributed by atoms with Crippen molar-refractivity contribution in [3.05, 3.63) is 0 Å². The van der Waals surface area contributed by atoms with E-state index in [1.54, 1.807) is 0 Å². The number of amides is 1. The van der Waals surface area contributed by atoms with Crippen LogP contribution in [-0.2, 0) is 9.53 Å². The Morgan fingerprint density at radius 2 is 2.31 bits per heavy atom. The van der Waals surface area contributed by atoms with E-state index in [1.165, 1.54) is 12.8 Å². The van der Waals surface area contributed by atoms with Gasteiger partial charge in [0.25, 0.3) is 0 Å². The lowest BCUT2D eigenvalue weighted by Crippen LogP contribution is -2.58. The predicted molar refractivity (Wildman–Crippen MR) is 46.7 cm³/mol. The van der Waals surface area contributed by atoms with Gasteiger partial charge in [0, 0.05) is 12.6 Å². The van der Waals surface area contributed by atoms with E-state index in [2.05, 4.69) is 5.43 Å². The van der Waals surface area contributed by atoms with Crippen LogP contribution < -0.4 is 11.2 Å². The van der Waals surface area contributed by atoms with Gasteiger partial charge in [-0.25, -0.2) is 5.01 Å². The summed E-state index contributed by atoms with van der Waals surface area (Å²) in [6, 6.07) is 0.259. The van der Waals surface area contributed by atoms with Crippen LogP contribution in [0.3, 0.4) is 0 Å². The molecule has 74 valence electrons. The zero-order chi connectivity index (χ0) is 9.26. The lowest BCUT2D eigenvalue weighted by molar-refractivity contribution is -0.132. The van der Waals surface area contributed by atoms with Gasteiger partial charge < -0.3 is 10.5 Å². The number of hydrogen-bond acceptors (Lipinski definition) is 4. The van der Waals surface area contributed by atoms with Crippen molar-refractivity contribution in [2.24, 2.45) is 5.73 Å². The molecule has 1 saturated heterocycles. The van der Waals surface area contributed by atoms with Gasteiger partial charge in [-0.15, -0.1) is 0 Å². The van der Waals surface area contributed by atoms with Gasteiger partial charge in [0.1, 0.15) is 6.04 Å². The third-order valence-corrected chi connectivity index (χ3v) is 2.38. The van der Waals surface area contributed by atoms with E-state index in [1.807, 2.05) is 5.01 Å². The number of hydrogen-bond donors (Lipinski definition) is 2. The minimum absolute atomic E-state index is 0.297. The van der Waals surface area contributed by atoms with Crippen molar-refractivity contribution in [1.82, 2.24) is 10.4 Å². The minimum atomic E-state index is -0.312. The number of rotatable bonds is 3. The second-order valence-electron chi connectivity index (χ2n) is 3.59. The normalized spacial score (nSPS) is 30.3. The van der Waals surface area contributed by atoms with Crippen molar-refractivity contribution in [3.8, 4) is 0 Å². The van der Waals surface area contributed by atoms with Crippen LogP contribution in [0.5, 0.6) is 0 Å². The molecule has 0 spiro atoms. The SMILES string of the molecule is NC(=O)C1COCCN1NC1CC1. The second-order valence-corrected chi connectivity index (χ2v) is 3.59. The molecule has 13 heavy (non-hydrogen) atoms. The van der Waals surface area contributed by atoms with Crippen LogP contribution in [0.15, 0.2) is 0 Å². The summed E-state index contributed by atoms with van der Waals surface area (Å²) in [5, 5.41) is 1.92. The Labute approximate surface area is 77.2 Å². The number of nitrogens with two attached hydrogens (primary N) is 1. The van der Waals surface area contributed by atoms with Gasteiger partial charge in [0.15, 0.2) is 0 Å². The molecule has 0 bridgehead atoms. The maximum absolute atomic E-state index is 11.0. The first kappa shape index (κ1) is 8.93. The van der Waals surface area contributed by atoms with E-state index in [0.29, 0.717) is 19.3 Å². The van der Waals surface area contributed by atoms with Crippen molar-refractivity contribution in [2.75, 3.05) is 19.8 Å². The molecule has 0 radical (unpaired) electrons. The molecule has 2 aliphatic rings. The molecular formula is C8H15N3O2. The standard InChI is InChI=1S/C8H15N3O2/c9-8(12)7-5-13-4-3-11(7)10-6-1-2-6/h6-7,10H,1-5H2,(H2,9,12). The van der Waals surface area contributed by atoms with E-state index in [-0.39, 0.29) is 11.9 Å². The Hall–Kier alpha value is -0.650. The number of hydrazine groups is 1. The highest BCUT2D eigenvalue weighted by Crippen LogP contribution is 2.20. The Morgan fingerprint density at radius 3 is 2.92 bits per heavy atom. The van der Waals surface area contributed by atoms with Gasteiger partial charge in [-0.3, -0.25) is 10.2 Å². The van der Waals surface area contributed by atoms with Crippen LogP contribution in [0.1, 0.15) is 12.8 Å². The van der Waals surface area contributed by atoms with Crippen LogP contribution in [0.2, 0.25) is 0 Å². The zero-order valence-electron chi connectivity index (χ0n) is 7.53. The molecule has 2 fully saturated rings.